The molecule has 0 radical (unpaired) electrons. The lowest BCUT2D eigenvalue weighted by Gasteiger charge is -2.24. The molecule has 32 heavy (non-hydrogen) atoms. The molecule has 10 heteroatoms. The van der Waals surface area contributed by atoms with Crippen LogP contribution in [0.3, 0.4) is 0 Å². The molecular weight excluding hydrogens is 414 g/mol. The maximum atomic E-state index is 12.3. The number of rotatable bonds is 8. The summed E-state index contributed by atoms with van der Waals surface area (Å²) < 4.78 is 18.3. The quantitative estimate of drug-likeness (QED) is 0.556. The monoisotopic (exact) mass is 437 g/mol. The molecule has 0 unspecified atom stereocenters. The Morgan fingerprint density at radius 3 is 2.91 bits per heavy atom. The molecule has 0 fully saturated rings. The first-order chi connectivity index (χ1) is 15.6. The average molecular weight is 437 g/mol. The van der Waals surface area contributed by atoms with Gasteiger partial charge in [-0.05, 0) is 36.8 Å². The zero-order chi connectivity index (χ0) is 22.5. The van der Waals surface area contributed by atoms with E-state index in [1.54, 1.807) is 48.2 Å². The van der Waals surface area contributed by atoms with Gasteiger partial charge in [-0.2, -0.15) is 10.1 Å². The van der Waals surface area contributed by atoms with Gasteiger partial charge in [0, 0.05) is 11.8 Å². The lowest BCUT2D eigenvalue weighted by molar-refractivity contribution is -0.118. The summed E-state index contributed by atoms with van der Waals surface area (Å²) in [5, 5.41) is 9.68. The number of benzene rings is 2. The number of nitrogens with one attached hydrogen (secondary N) is 2. The largest absolute Gasteiger partial charge is 0.497 e. The van der Waals surface area contributed by atoms with Gasteiger partial charge in [0.2, 0.25) is 11.9 Å². The second kappa shape index (κ2) is 9.38. The molecule has 10 nitrogen and oxygen atoms in total. The normalized spacial score (nSPS) is 14.8. The third kappa shape index (κ3) is 4.64. The van der Waals surface area contributed by atoms with Gasteiger partial charge < -0.3 is 19.5 Å². The Hall–Kier alpha value is -4.08. The Labute approximate surface area is 184 Å². The van der Waals surface area contributed by atoms with Gasteiger partial charge in [-0.1, -0.05) is 12.1 Å². The van der Waals surface area contributed by atoms with Gasteiger partial charge in [0.15, 0.2) is 18.1 Å². The third-order valence-corrected chi connectivity index (χ3v) is 4.86. The van der Waals surface area contributed by atoms with Crippen molar-refractivity contribution in [2.75, 3.05) is 31.0 Å². The van der Waals surface area contributed by atoms with Crippen LogP contribution in [-0.2, 0) is 9.59 Å². The summed E-state index contributed by atoms with van der Waals surface area (Å²) in [7, 11) is 1.56. The fourth-order valence-corrected chi connectivity index (χ4v) is 3.43. The van der Waals surface area contributed by atoms with Crippen molar-refractivity contribution in [2.45, 2.75) is 19.4 Å². The molecule has 3 aromatic rings. The number of nitrogens with zero attached hydrogens (tertiary/aromatic N) is 3. The molecule has 1 aliphatic heterocycles. The number of hydrogen-bond acceptors (Lipinski definition) is 7. The first kappa shape index (κ1) is 21.2. The number of carbonyl (C=O) groups excluding carboxylic acids is 2. The van der Waals surface area contributed by atoms with Gasteiger partial charge in [-0.25, -0.2) is 4.68 Å². The van der Waals surface area contributed by atoms with Crippen molar-refractivity contribution >= 4 is 23.5 Å². The second-order valence-corrected chi connectivity index (χ2v) is 7.00. The highest BCUT2D eigenvalue weighted by molar-refractivity contribution is 5.92. The molecule has 0 bridgehead atoms. The summed E-state index contributed by atoms with van der Waals surface area (Å²) >= 11 is 0. The van der Waals surface area contributed by atoms with E-state index >= 15 is 0 Å². The highest BCUT2D eigenvalue weighted by Gasteiger charge is 2.28. The van der Waals surface area contributed by atoms with Crippen LogP contribution in [0.1, 0.15) is 24.9 Å². The molecule has 2 amide bonds. The van der Waals surface area contributed by atoms with Gasteiger partial charge in [0.1, 0.15) is 12.1 Å². The summed E-state index contributed by atoms with van der Waals surface area (Å²) in [6.07, 6.45) is 1.63. The number of anilines is 2. The van der Waals surface area contributed by atoms with Crippen molar-refractivity contribution in [3.05, 3.63) is 54.4 Å². The molecule has 4 rings (SSSR count). The molecule has 0 aliphatic carbocycles. The number of methoxy groups -OCH3 is 1. The van der Waals surface area contributed by atoms with Crippen LogP contribution < -0.4 is 24.8 Å². The molecule has 0 saturated carbocycles. The predicted octanol–water partition coefficient (Wildman–Crippen LogP) is 2.63. The van der Waals surface area contributed by atoms with Crippen LogP contribution in [-0.4, -0.2) is 46.9 Å². The average Bonchev–Trinajstić information content (AvgIpc) is 3.26. The molecule has 2 aromatic carbocycles. The number of fused-ring (bicyclic) bond motifs is 1. The molecule has 1 aliphatic rings. The number of hydrogen-bond donors (Lipinski definition) is 2. The highest BCUT2D eigenvalue weighted by Crippen LogP contribution is 2.35. The fraction of sp³-hybridized carbons (Fsp3) is 0.273. The van der Waals surface area contributed by atoms with Crippen LogP contribution in [0.5, 0.6) is 17.2 Å². The minimum atomic E-state index is -0.319. The van der Waals surface area contributed by atoms with Crippen LogP contribution in [0, 0.1) is 0 Å². The van der Waals surface area contributed by atoms with Gasteiger partial charge >= 0.3 is 0 Å². The zero-order valence-corrected chi connectivity index (χ0v) is 17.7. The lowest BCUT2D eigenvalue weighted by atomic mass is 10.0. The van der Waals surface area contributed by atoms with E-state index < -0.39 is 0 Å². The van der Waals surface area contributed by atoms with E-state index in [1.807, 2.05) is 13.0 Å². The molecule has 0 spiro atoms. The van der Waals surface area contributed by atoms with Gasteiger partial charge in [0.05, 0.1) is 26.2 Å². The number of amides is 2. The van der Waals surface area contributed by atoms with Crippen LogP contribution in [0.25, 0.3) is 0 Å². The molecule has 1 aromatic heterocycles. The van der Waals surface area contributed by atoms with Crippen molar-refractivity contribution < 1.29 is 23.8 Å². The van der Waals surface area contributed by atoms with E-state index in [2.05, 4.69) is 20.7 Å². The smallest absolute Gasteiger partial charge is 0.262 e. The number of ether oxygens (including phenoxy) is 3. The van der Waals surface area contributed by atoms with Gasteiger partial charge in [0.25, 0.3) is 5.91 Å². The zero-order valence-electron chi connectivity index (χ0n) is 17.7. The van der Waals surface area contributed by atoms with E-state index in [9.17, 15) is 9.59 Å². The minimum Gasteiger partial charge on any atom is -0.497 e. The van der Waals surface area contributed by atoms with E-state index in [4.69, 9.17) is 14.2 Å². The molecule has 0 saturated heterocycles. The Bertz CT molecular complexity index is 1130. The minimum absolute atomic E-state index is 0.136. The second-order valence-electron chi connectivity index (χ2n) is 7.00. The maximum Gasteiger partial charge on any atom is 0.262 e. The van der Waals surface area contributed by atoms with Crippen molar-refractivity contribution in [1.29, 1.82) is 0 Å². The SMILES string of the molecule is CCOc1cc([C@@H]2CC(=O)Nc3ncnn32)ccc1OCC(=O)Nc1cccc(OC)c1. The Morgan fingerprint density at radius 1 is 1.22 bits per heavy atom. The first-order valence-corrected chi connectivity index (χ1v) is 10.1. The molecular formula is C22H23N5O5. The van der Waals surface area contributed by atoms with Gasteiger partial charge in [-0.3, -0.25) is 14.9 Å². The Kier molecular flexibility index (Phi) is 6.20. The summed E-state index contributed by atoms with van der Waals surface area (Å²) in [6.45, 7) is 2.07. The van der Waals surface area contributed by atoms with Crippen LogP contribution >= 0.6 is 0 Å². The first-order valence-electron chi connectivity index (χ1n) is 10.1. The fourth-order valence-electron chi connectivity index (χ4n) is 3.43. The van der Waals surface area contributed by atoms with Crippen molar-refractivity contribution in [2.24, 2.45) is 0 Å². The lowest BCUT2D eigenvalue weighted by Crippen LogP contribution is -2.29. The van der Waals surface area contributed by atoms with Crippen molar-refractivity contribution in [3.8, 4) is 17.2 Å². The topological polar surface area (TPSA) is 117 Å². The van der Waals surface area contributed by atoms with Crippen LogP contribution in [0.4, 0.5) is 11.6 Å². The van der Waals surface area contributed by atoms with Crippen molar-refractivity contribution in [1.82, 2.24) is 14.8 Å². The van der Waals surface area contributed by atoms with E-state index in [1.165, 1.54) is 6.33 Å². The number of aromatic nitrogens is 3. The summed E-state index contributed by atoms with van der Waals surface area (Å²) in [4.78, 5) is 28.4. The summed E-state index contributed by atoms with van der Waals surface area (Å²) in [6, 6.07) is 12.1. The summed E-state index contributed by atoms with van der Waals surface area (Å²) in [5.41, 5.74) is 1.43. The Balaban J connectivity index is 1.48. The predicted molar refractivity (Wildman–Crippen MR) is 116 cm³/mol. The molecule has 2 N–H and O–H groups in total. The van der Waals surface area contributed by atoms with E-state index in [-0.39, 0.29) is 30.9 Å². The van der Waals surface area contributed by atoms with Gasteiger partial charge in [-0.15, -0.1) is 0 Å². The standard InChI is InChI=1S/C22H23N5O5/c1-3-31-19-9-14(17-11-20(28)26-22-23-13-24-27(17)22)7-8-18(19)32-12-21(29)25-15-5-4-6-16(10-15)30-2/h4-10,13,17H,3,11-12H2,1-2H3,(H,25,29)(H,23,24,26,28)/t17-/m0/s1. The molecule has 2 heterocycles. The van der Waals surface area contributed by atoms with Crippen LogP contribution in [0.2, 0.25) is 0 Å². The third-order valence-electron chi connectivity index (χ3n) is 4.86. The van der Waals surface area contributed by atoms with E-state index in [0.717, 1.165) is 5.56 Å². The highest BCUT2D eigenvalue weighted by atomic mass is 16.5. The maximum absolute atomic E-state index is 12.3. The summed E-state index contributed by atoms with van der Waals surface area (Å²) in [5.74, 6) is 1.50. The molecule has 1 atom stereocenters. The number of carbonyl (C=O) groups is 2. The van der Waals surface area contributed by atoms with E-state index in [0.29, 0.717) is 35.5 Å². The van der Waals surface area contributed by atoms with Crippen molar-refractivity contribution in [3.63, 3.8) is 0 Å². The molecule has 166 valence electrons. The Morgan fingerprint density at radius 2 is 2.09 bits per heavy atom. The van der Waals surface area contributed by atoms with Crippen LogP contribution in [0.15, 0.2) is 48.8 Å².